The van der Waals surface area contributed by atoms with E-state index in [1.54, 1.807) is 16.7 Å². The molecule has 0 unspecified atom stereocenters. The van der Waals surface area contributed by atoms with Crippen molar-refractivity contribution in [3.05, 3.63) is 101 Å². The molecule has 0 aliphatic heterocycles. The lowest BCUT2D eigenvalue weighted by molar-refractivity contribution is 0.757. The third-order valence-electron chi connectivity index (χ3n) is 3.77. The molecule has 0 aliphatic carbocycles. The molecule has 0 spiro atoms. The van der Waals surface area contributed by atoms with Crippen LogP contribution in [0.3, 0.4) is 0 Å². The van der Waals surface area contributed by atoms with Crippen molar-refractivity contribution in [1.82, 2.24) is 4.57 Å². The minimum absolute atomic E-state index is 0.00625. The lowest BCUT2D eigenvalue weighted by Gasteiger charge is -2.10. The first-order valence-corrected chi connectivity index (χ1v) is 7.88. The van der Waals surface area contributed by atoms with Gasteiger partial charge in [0.1, 0.15) is 0 Å². The van der Waals surface area contributed by atoms with E-state index in [4.69, 9.17) is 0 Å². The van der Waals surface area contributed by atoms with E-state index in [1.807, 2.05) is 48.7 Å². The topological polar surface area (TPSA) is 22.0 Å². The van der Waals surface area contributed by atoms with Crippen LogP contribution in [0.15, 0.2) is 83.8 Å². The SMILES string of the molecule is C=C/C=C(\C=C(/C)CC)c1ccc(=O)n(Cc2ccccc2)c1. The molecule has 0 saturated heterocycles. The largest absolute Gasteiger partial charge is 0.310 e. The van der Waals surface area contributed by atoms with Gasteiger partial charge < -0.3 is 4.57 Å². The minimum atomic E-state index is 0.00625. The van der Waals surface area contributed by atoms with Crippen molar-refractivity contribution in [2.45, 2.75) is 26.8 Å². The van der Waals surface area contributed by atoms with Crippen LogP contribution in [0.4, 0.5) is 0 Å². The zero-order valence-corrected chi connectivity index (χ0v) is 13.8. The van der Waals surface area contributed by atoms with Crippen LogP contribution in [0.5, 0.6) is 0 Å². The highest BCUT2D eigenvalue weighted by molar-refractivity contribution is 5.75. The van der Waals surface area contributed by atoms with Gasteiger partial charge in [0.25, 0.3) is 5.56 Å². The van der Waals surface area contributed by atoms with Crippen molar-refractivity contribution in [2.24, 2.45) is 0 Å². The van der Waals surface area contributed by atoms with E-state index >= 15 is 0 Å². The van der Waals surface area contributed by atoms with Crippen molar-refractivity contribution in [1.29, 1.82) is 0 Å². The van der Waals surface area contributed by atoms with Gasteiger partial charge in [0.2, 0.25) is 0 Å². The van der Waals surface area contributed by atoms with Crippen LogP contribution >= 0.6 is 0 Å². The second-order valence-corrected chi connectivity index (χ2v) is 5.57. The van der Waals surface area contributed by atoms with E-state index in [-0.39, 0.29) is 5.56 Å². The lowest BCUT2D eigenvalue weighted by Crippen LogP contribution is -2.19. The van der Waals surface area contributed by atoms with Crippen molar-refractivity contribution in [2.75, 3.05) is 0 Å². The molecule has 1 aromatic carbocycles. The number of hydrogen-bond donors (Lipinski definition) is 0. The smallest absolute Gasteiger partial charge is 0.250 e. The van der Waals surface area contributed by atoms with Crippen LogP contribution in [0.2, 0.25) is 0 Å². The highest BCUT2D eigenvalue weighted by atomic mass is 16.1. The molecule has 0 N–H and O–H groups in total. The molecule has 0 aliphatic rings. The molecule has 2 heteroatoms. The van der Waals surface area contributed by atoms with Gasteiger partial charge in [-0.3, -0.25) is 4.79 Å². The molecule has 0 radical (unpaired) electrons. The summed E-state index contributed by atoms with van der Waals surface area (Å²) < 4.78 is 1.75. The van der Waals surface area contributed by atoms with E-state index in [1.165, 1.54) is 5.57 Å². The monoisotopic (exact) mass is 305 g/mol. The third kappa shape index (κ3) is 4.68. The Morgan fingerprint density at radius 1 is 1.17 bits per heavy atom. The van der Waals surface area contributed by atoms with Gasteiger partial charge in [0.15, 0.2) is 0 Å². The number of benzene rings is 1. The molecule has 2 aromatic rings. The molecule has 0 bridgehead atoms. The maximum atomic E-state index is 12.1. The third-order valence-corrected chi connectivity index (χ3v) is 3.77. The standard InChI is InChI=1S/C21H23NO/c1-4-9-19(14-17(3)5-2)20-12-13-21(23)22(16-20)15-18-10-7-6-8-11-18/h4,6-14,16H,1,5,15H2,2-3H3/b17-14+,19-9+. The minimum Gasteiger partial charge on any atom is -0.310 e. The van der Waals surface area contributed by atoms with Gasteiger partial charge in [-0.25, -0.2) is 0 Å². The van der Waals surface area contributed by atoms with Crippen molar-refractivity contribution < 1.29 is 0 Å². The summed E-state index contributed by atoms with van der Waals surface area (Å²) in [5.74, 6) is 0. The first-order chi connectivity index (χ1) is 11.1. The number of hydrogen-bond acceptors (Lipinski definition) is 1. The van der Waals surface area contributed by atoms with Crippen LogP contribution in [0.25, 0.3) is 5.57 Å². The zero-order chi connectivity index (χ0) is 16.7. The quantitative estimate of drug-likeness (QED) is 0.701. The molecule has 0 saturated carbocycles. The first kappa shape index (κ1) is 16.8. The van der Waals surface area contributed by atoms with E-state index in [0.717, 1.165) is 23.1 Å². The molecule has 118 valence electrons. The maximum Gasteiger partial charge on any atom is 0.250 e. The second kappa shape index (κ2) is 8.14. The highest BCUT2D eigenvalue weighted by Crippen LogP contribution is 2.18. The van der Waals surface area contributed by atoms with Crippen LogP contribution in [-0.2, 0) is 6.54 Å². The van der Waals surface area contributed by atoms with Crippen LogP contribution in [0.1, 0.15) is 31.4 Å². The summed E-state index contributed by atoms with van der Waals surface area (Å²) in [4.78, 5) is 12.1. The Morgan fingerprint density at radius 2 is 1.91 bits per heavy atom. The van der Waals surface area contributed by atoms with Gasteiger partial charge in [0, 0.05) is 12.3 Å². The second-order valence-electron chi connectivity index (χ2n) is 5.57. The van der Waals surface area contributed by atoms with Gasteiger partial charge in [0.05, 0.1) is 6.54 Å². The average molecular weight is 305 g/mol. The number of rotatable bonds is 6. The predicted octanol–water partition coefficient (Wildman–Crippen LogP) is 4.82. The van der Waals surface area contributed by atoms with E-state index < -0.39 is 0 Å². The molecule has 2 nitrogen and oxygen atoms in total. The van der Waals surface area contributed by atoms with Gasteiger partial charge >= 0.3 is 0 Å². The van der Waals surface area contributed by atoms with Crippen molar-refractivity contribution in [3.8, 4) is 0 Å². The molecule has 1 heterocycles. The van der Waals surface area contributed by atoms with E-state index in [2.05, 4.69) is 26.5 Å². The molecular formula is C21H23NO. The average Bonchev–Trinajstić information content (AvgIpc) is 2.57. The summed E-state index contributed by atoms with van der Waals surface area (Å²) in [6.07, 6.45) is 8.82. The van der Waals surface area contributed by atoms with E-state index in [9.17, 15) is 4.79 Å². The highest BCUT2D eigenvalue weighted by Gasteiger charge is 2.03. The summed E-state index contributed by atoms with van der Waals surface area (Å²) in [7, 11) is 0. The molecule has 0 fully saturated rings. The zero-order valence-electron chi connectivity index (χ0n) is 13.8. The molecule has 2 rings (SSSR count). The fraction of sp³-hybridized carbons (Fsp3) is 0.190. The van der Waals surface area contributed by atoms with Crippen LogP contribution < -0.4 is 5.56 Å². The first-order valence-electron chi connectivity index (χ1n) is 7.88. The molecular weight excluding hydrogens is 282 g/mol. The van der Waals surface area contributed by atoms with Gasteiger partial charge in [-0.05, 0) is 36.1 Å². The fourth-order valence-corrected chi connectivity index (χ4v) is 2.33. The number of nitrogens with zero attached hydrogens (tertiary/aromatic N) is 1. The van der Waals surface area contributed by atoms with Gasteiger partial charge in [-0.1, -0.05) is 67.6 Å². The number of aromatic nitrogens is 1. The normalized spacial score (nSPS) is 12.3. The molecule has 0 atom stereocenters. The summed E-state index contributed by atoms with van der Waals surface area (Å²) >= 11 is 0. The Kier molecular flexibility index (Phi) is 5.93. The van der Waals surface area contributed by atoms with Crippen LogP contribution in [0, 0.1) is 0 Å². The Morgan fingerprint density at radius 3 is 2.57 bits per heavy atom. The summed E-state index contributed by atoms with van der Waals surface area (Å²) in [5.41, 5.74) is 4.50. The summed E-state index contributed by atoms with van der Waals surface area (Å²) in [5, 5.41) is 0. The van der Waals surface area contributed by atoms with Crippen LogP contribution in [-0.4, -0.2) is 4.57 Å². The Labute approximate surface area is 138 Å². The van der Waals surface area contributed by atoms with Crippen molar-refractivity contribution in [3.63, 3.8) is 0 Å². The van der Waals surface area contributed by atoms with E-state index in [0.29, 0.717) is 6.54 Å². The molecule has 23 heavy (non-hydrogen) atoms. The number of pyridine rings is 1. The summed E-state index contributed by atoms with van der Waals surface area (Å²) in [6, 6.07) is 13.5. The Hall–Kier alpha value is -2.61. The Bertz CT molecular complexity index is 779. The Balaban J connectivity index is 2.41. The fourth-order valence-electron chi connectivity index (χ4n) is 2.33. The molecule has 0 amide bonds. The van der Waals surface area contributed by atoms with Crippen molar-refractivity contribution >= 4 is 5.57 Å². The molecule has 1 aromatic heterocycles. The lowest BCUT2D eigenvalue weighted by atomic mass is 10.0. The maximum absolute atomic E-state index is 12.1. The summed E-state index contributed by atoms with van der Waals surface area (Å²) in [6.45, 7) is 8.61. The number of allylic oxidation sites excluding steroid dienone is 5. The predicted molar refractivity (Wildman–Crippen MR) is 98.5 cm³/mol. The van der Waals surface area contributed by atoms with Gasteiger partial charge in [-0.15, -0.1) is 0 Å². The van der Waals surface area contributed by atoms with Gasteiger partial charge in [-0.2, -0.15) is 0 Å².